The highest BCUT2D eigenvalue weighted by atomic mass is 19.1. The van der Waals surface area contributed by atoms with Gasteiger partial charge in [0.1, 0.15) is 0 Å². The summed E-state index contributed by atoms with van der Waals surface area (Å²) in [5.74, 6) is -2.64. The zero-order chi connectivity index (χ0) is 23.0. The number of amides is 1. The van der Waals surface area contributed by atoms with Gasteiger partial charge in [-0.25, -0.2) is 14.2 Å². The van der Waals surface area contributed by atoms with E-state index in [1.54, 1.807) is 56.4 Å². The van der Waals surface area contributed by atoms with E-state index in [2.05, 4.69) is 10.3 Å². The molecule has 0 unspecified atom stereocenters. The van der Waals surface area contributed by atoms with Gasteiger partial charge in [0, 0.05) is 22.6 Å². The highest BCUT2D eigenvalue weighted by molar-refractivity contribution is 5.88. The molecule has 0 saturated heterocycles. The number of carbonyl (C=O) groups excluding carboxylic acids is 1. The third-order valence-corrected chi connectivity index (χ3v) is 5.61. The van der Waals surface area contributed by atoms with E-state index in [0.717, 1.165) is 0 Å². The number of aromatic carboxylic acids is 1. The number of ether oxygens (including phenoxy) is 1. The molecule has 0 radical (unpaired) electrons. The predicted octanol–water partition coefficient (Wildman–Crippen LogP) is 4.45. The molecule has 2 aromatic carbocycles. The van der Waals surface area contributed by atoms with Gasteiger partial charge in [-0.2, -0.15) is 5.26 Å². The van der Waals surface area contributed by atoms with Crippen LogP contribution in [0.3, 0.4) is 0 Å². The average Bonchev–Trinajstić information content (AvgIpc) is 2.77. The van der Waals surface area contributed by atoms with Crippen LogP contribution in [0.1, 0.15) is 41.3 Å². The predicted molar refractivity (Wildman–Crippen MR) is 112 cm³/mol. The Morgan fingerprint density at radius 1 is 1.12 bits per heavy atom. The van der Waals surface area contributed by atoms with Crippen LogP contribution in [-0.4, -0.2) is 22.0 Å². The number of fused-ring (bicyclic) bond motifs is 2. The van der Waals surface area contributed by atoms with Crippen LogP contribution in [0.25, 0.3) is 11.3 Å². The summed E-state index contributed by atoms with van der Waals surface area (Å²) in [6.07, 6.45) is 1.65. The molecule has 0 spiro atoms. The normalized spacial score (nSPS) is 14.4. The number of hydrogen-bond acceptors (Lipinski definition) is 5. The molecule has 2 heterocycles. The lowest BCUT2D eigenvalue weighted by atomic mass is 9.69. The van der Waals surface area contributed by atoms with E-state index in [1.165, 1.54) is 18.2 Å². The molecule has 8 heteroatoms. The Labute approximate surface area is 183 Å². The van der Waals surface area contributed by atoms with E-state index < -0.39 is 29.0 Å². The van der Waals surface area contributed by atoms with E-state index in [0.29, 0.717) is 22.4 Å². The SMILES string of the molecule is CC(C)(C(=O)NC#N)[C@@H]1c2ccc(-c3ccc(C(=O)O)cc3)nc2Oc2c(F)cccc21. The van der Waals surface area contributed by atoms with Gasteiger partial charge in [0.05, 0.1) is 16.7 Å². The monoisotopic (exact) mass is 431 g/mol. The third kappa shape index (κ3) is 3.44. The van der Waals surface area contributed by atoms with E-state index in [1.807, 2.05) is 0 Å². The molecule has 0 bridgehead atoms. The van der Waals surface area contributed by atoms with Gasteiger partial charge >= 0.3 is 5.97 Å². The van der Waals surface area contributed by atoms with Crippen LogP contribution in [0.15, 0.2) is 54.6 Å². The minimum Gasteiger partial charge on any atom is -0.478 e. The lowest BCUT2D eigenvalue weighted by Crippen LogP contribution is -2.40. The number of carboxylic acid groups (broad SMARTS) is 1. The molecule has 7 nitrogen and oxygen atoms in total. The van der Waals surface area contributed by atoms with E-state index in [-0.39, 0.29) is 17.2 Å². The fourth-order valence-corrected chi connectivity index (χ4v) is 3.94. The summed E-state index contributed by atoms with van der Waals surface area (Å²) in [6.45, 7) is 3.35. The molecule has 1 aromatic heterocycles. The Kier molecular flexibility index (Phi) is 5.11. The maximum Gasteiger partial charge on any atom is 0.335 e. The van der Waals surface area contributed by atoms with Crippen LogP contribution in [0.4, 0.5) is 4.39 Å². The molecular formula is C24H18FN3O4. The van der Waals surface area contributed by atoms with Gasteiger partial charge in [-0.3, -0.25) is 10.1 Å². The zero-order valence-corrected chi connectivity index (χ0v) is 17.2. The van der Waals surface area contributed by atoms with Crippen LogP contribution in [0.2, 0.25) is 0 Å². The smallest absolute Gasteiger partial charge is 0.335 e. The number of halogens is 1. The number of hydrogen-bond donors (Lipinski definition) is 2. The summed E-state index contributed by atoms with van der Waals surface area (Å²) < 4.78 is 20.5. The van der Waals surface area contributed by atoms with Crippen LogP contribution >= 0.6 is 0 Å². The fraction of sp³-hybridized carbons (Fsp3) is 0.167. The Bertz CT molecular complexity index is 1280. The number of nitrogens with one attached hydrogen (secondary N) is 1. The number of aromatic nitrogens is 1. The molecule has 160 valence electrons. The molecule has 1 aliphatic heterocycles. The van der Waals surface area contributed by atoms with Gasteiger partial charge in [0.25, 0.3) is 0 Å². The van der Waals surface area contributed by atoms with E-state index in [4.69, 9.17) is 15.1 Å². The Hall–Kier alpha value is -4.25. The van der Waals surface area contributed by atoms with Crippen molar-refractivity contribution in [2.45, 2.75) is 19.8 Å². The zero-order valence-electron chi connectivity index (χ0n) is 17.2. The lowest BCUT2D eigenvalue weighted by Gasteiger charge is -2.37. The van der Waals surface area contributed by atoms with Crippen LogP contribution in [0.5, 0.6) is 11.6 Å². The molecular weight excluding hydrogens is 413 g/mol. The van der Waals surface area contributed by atoms with Gasteiger partial charge in [0.15, 0.2) is 17.8 Å². The minimum atomic E-state index is -1.12. The van der Waals surface area contributed by atoms with E-state index >= 15 is 0 Å². The average molecular weight is 431 g/mol. The molecule has 4 rings (SSSR count). The van der Waals surface area contributed by atoms with Gasteiger partial charge in [-0.15, -0.1) is 0 Å². The number of nitriles is 1. The number of benzene rings is 2. The van der Waals surface area contributed by atoms with Crippen molar-refractivity contribution in [2.24, 2.45) is 5.41 Å². The molecule has 1 aliphatic rings. The molecule has 3 aromatic rings. The molecule has 0 aliphatic carbocycles. The van der Waals surface area contributed by atoms with E-state index in [9.17, 15) is 14.0 Å². The number of para-hydroxylation sites is 1. The number of pyridine rings is 1. The van der Waals surface area contributed by atoms with Gasteiger partial charge in [-0.1, -0.05) is 44.2 Å². The van der Waals surface area contributed by atoms with Crippen molar-refractivity contribution in [3.05, 3.63) is 77.1 Å². The molecule has 1 amide bonds. The first kappa shape index (κ1) is 21.0. The first-order valence-corrected chi connectivity index (χ1v) is 9.74. The Morgan fingerprint density at radius 3 is 2.50 bits per heavy atom. The standard InChI is InChI=1S/C24H18FN3O4/c1-24(2,23(31)27-12-26)19-15-4-3-5-17(25)20(15)32-21-16(19)10-11-18(28-21)13-6-8-14(9-7-13)22(29)30/h3-11,19H,1-2H3,(H,27,31)(H,29,30)/t19-/m0/s1. The molecule has 32 heavy (non-hydrogen) atoms. The number of carbonyl (C=O) groups is 2. The lowest BCUT2D eigenvalue weighted by molar-refractivity contribution is -0.128. The highest BCUT2D eigenvalue weighted by Crippen LogP contribution is 2.52. The maximum atomic E-state index is 14.7. The molecule has 1 atom stereocenters. The first-order valence-electron chi connectivity index (χ1n) is 9.74. The summed E-state index contributed by atoms with van der Waals surface area (Å²) in [5, 5.41) is 20.2. The number of rotatable bonds is 4. The number of nitrogens with zero attached hydrogens (tertiary/aromatic N) is 2. The van der Waals surface area contributed by atoms with Gasteiger partial charge in [-0.05, 0) is 24.3 Å². The topological polar surface area (TPSA) is 112 Å². The van der Waals surface area contributed by atoms with Crippen molar-refractivity contribution >= 4 is 11.9 Å². The number of carboxylic acids is 1. The summed E-state index contributed by atoms with van der Waals surface area (Å²) in [5.41, 5.74) is 1.23. The van der Waals surface area contributed by atoms with Crippen molar-refractivity contribution < 1.29 is 23.8 Å². The molecule has 2 N–H and O–H groups in total. The third-order valence-electron chi connectivity index (χ3n) is 5.61. The summed E-state index contributed by atoms with van der Waals surface area (Å²) in [6, 6.07) is 14.1. The van der Waals surface area contributed by atoms with Crippen LogP contribution in [0, 0.1) is 22.7 Å². The Balaban J connectivity index is 1.85. The van der Waals surface area contributed by atoms with Crippen molar-refractivity contribution in [3.63, 3.8) is 0 Å². The fourth-order valence-electron chi connectivity index (χ4n) is 3.94. The van der Waals surface area contributed by atoms with Crippen molar-refractivity contribution in [1.82, 2.24) is 10.3 Å². The van der Waals surface area contributed by atoms with Crippen molar-refractivity contribution in [2.75, 3.05) is 0 Å². The summed E-state index contributed by atoms with van der Waals surface area (Å²) >= 11 is 0. The van der Waals surface area contributed by atoms with Crippen molar-refractivity contribution in [1.29, 1.82) is 5.26 Å². The van der Waals surface area contributed by atoms with Gasteiger partial charge in [0.2, 0.25) is 11.8 Å². The largest absolute Gasteiger partial charge is 0.478 e. The summed E-state index contributed by atoms with van der Waals surface area (Å²) in [7, 11) is 0. The van der Waals surface area contributed by atoms with Crippen LogP contribution < -0.4 is 10.1 Å². The summed E-state index contributed by atoms with van der Waals surface area (Å²) in [4.78, 5) is 28.3. The molecule has 0 saturated carbocycles. The Morgan fingerprint density at radius 2 is 1.84 bits per heavy atom. The minimum absolute atomic E-state index is 0.0197. The second-order valence-electron chi connectivity index (χ2n) is 7.95. The van der Waals surface area contributed by atoms with Crippen molar-refractivity contribution in [3.8, 4) is 29.1 Å². The quantitative estimate of drug-likeness (QED) is 0.466. The first-order chi connectivity index (χ1) is 15.2. The maximum absolute atomic E-state index is 14.7. The van der Waals surface area contributed by atoms with Gasteiger partial charge < -0.3 is 9.84 Å². The molecule has 0 fully saturated rings. The second kappa shape index (κ2) is 7.78. The highest BCUT2D eigenvalue weighted by Gasteiger charge is 2.44. The second-order valence-corrected chi connectivity index (χ2v) is 7.95. The van der Waals surface area contributed by atoms with Crippen LogP contribution in [-0.2, 0) is 4.79 Å².